The highest BCUT2D eigenvalue weighted by Gasteiger charge is 2.19. The smallest absolute Gasteiger partial charge is 0.230 e. The van der Waals surface area contributed by atoms with Gasteiger partial charge < -0.3 is 0 Å². The van der Waals surface area contributed by atoms with Crippen LogP contribution in [0, 0.1) is 6.92 Å². The second-order valence-corrected chi connectivity index (χ2v) is 4.32. The number of pyridine rings is 1. The molecule has 5 heteroatoms. The molecule has 0 fully saturated rings. The fourth-order valence-electron chi connectivity index (χ4n) is 1.50. The van der Waals surface area contributed by atoms with E-state index in [4.69, 9.17) is 0 Å². The summed E-state index contributed by atoms with van der Waals surface area (Å²) in [5.74, 6) is -0.120. The van der Waals surface area contributed by atoms with Gasteiger partial charge in [0.2, 0.25) is 5.78 Å². The van der Waals surface area contributed by atoms with Crippen LogP contribution in [0.25, 0.3) is 0 Å². The Bertz CT molecular complexity index is 528. The first kappa shape index (κ1) is 11.0. The van der Waals surface area contributed by atoms with Crippen LogP contribution in [0.5, 0.6) is 0 Å². The minimum absolute atomic E-state index is 0.120. The van der Waals surface area contributed by atoms with Gasteiger partial charge in [-0.1, -0.05) is 6.07 Å². The second-order valence-electron chi connectivity index (χ2n) is 3.46. The SMILES string of the molecule is Cc1cccnc1C(=O)c1c(Br)cnn1C. The average Bonchev–Trinajstić information content (AvgIpc) is 2.58. The number of hydrogen-bond acceptors (Lipinski definition) is 3. The number of nitrogens with zero attached hydrogens (tertiary/aromatic N) is 3. The lowest BCUT2D eigenvalue weighted by atomic mass is 10.1. The maximum atomic E-state index is 12.2. The van der Waals surface area contributed by atoms with E-state index in [9.17, 15) is 4.79 Å². The van der Waals surface area contributed by atoms with Gasteiger partial charge in [-0.15, -0.1) is 0 Å². The van der Waals surface area contributed by atoms with Crippen LogP contribution in [0.2, 0.25) is 0 Å². The number of carbonyl (C=O) groups excluding carboxylic acids is 1. The summed E-state index contributed by atoms with van der Waals surface area (Å²) in [4.78, 5) is 16.3. The van der Waals surface area contributed by atoms with Crippen LogP contribution < -0.4 is 0 Å². The Morgan fingerprint density at radius 3 is 2.81 bits per heavy atom. The first-order valence-corrected chi connectivity index (χ1v) is 5.54. The third kappa shape index (κ3) is 1.78. The highest BCUT2D eigenvalue weighted by atomic mass is 79.9. The Morgan fingerprint density at radius 2 is 2.25 bits per heavy atom. The topological polar surface area (TPSA) is 47.8 Å². The molecule has 2 heterocycles. The summed E-state index contributed by atoms with van der Waals surface area (Å²) in [6, 6.07) is 3.68. The highest BCUT2D eigenvalue weighted by molar-refractivity contribution is 9.10. The monoisotopic (exact) mass is 279 g/mol. The van der Waals surface area contributed by atoms with E-state index in [-0.39, 0.29) is 5.78 Å². The van der Waals surface area contributed by atoms with Gasteiger partial charge in [0.05, 0.1) is 10.7 Å². The molecule has 0 saturated carbocycles. The van der Waals surface area contributed by atoms with Gasteiger partial charge >= 0.3 is 0 Å². The molecule has 0 spiro atoms. The molecule has 0 amide bonds. The third-order valence-electron chi connectivity index (χ3n) is 2.33. The molecule has 0 atom stereocenters. The second kappa shape index (κ2) is 4.17. The molecule has 0 bridgehead atoms. The fraction of sp³-hybridized carbons (Fsp3) is 0.182. The Morgan fingerprint density at radius 1 is 1.50 bits per heavy atom. The maximum Gasteiger partial charge on any atom is 0.230 e. The van der Waals surface area contributed by atoms with Crippen molar-refractivity contribution in [1.82, 2.24) is 14.8 Å². The number of hydrogen-bond donors (Lipinski definition) is 0. The van der Waals surface area contributed by atoms with Crippen molar-refractivity contribution in [2.75, 3.05) is 0 Å². The third-order valence-corrected chi connectivity index (χ3v) is 2.91. The van der Waals surface area contributed by atoms with Crippen molar-refractivity contribution in [1.29, 1.82) is 0 Å². The van der Waals surface area contributed by atoms with Gasteiger partial charge in [-0.05, 0) is 34.5 Å². The van der Waals surface area contributed by atoms with Gasteiger partial charge in [0, 0.05) is 13.2 Å². The Hall–Kier alpha value is -1.49. The molecule has 2 aromatic rings. The Balaban J connectivity index is 2.52. The Labute approximate surface area is 101 Å². The first-order valence-electron chi connectivity index (χ1n) is 4.75. The number of halogens is 1. The molecule has 4 nitrogen and oxygen atoms in total. The highest BCUT2D eigenvalue weighted by Crippen LogP contribution is 2.19. The van der Waals surface area contributed by atoms with E-state index < -0.39 is 0 Å². The van der Waals surface area contributed by atoms with E-state index in [0.29, 0.717) is 15.9 Å². The van der Waals surface area contributed by atoms with Crippen LogP contribution in [0.1, 0.15) is 21.7 Å². The van der Waals surface area contributed by atoms with E-state index in [1.54, 1.807) is 24.1 Å². The molecule has 82 valence electrons. The molecular formula is C11H10BrN3O. The zero-order valence-electron chi connectivity index (χ0n) is 8.94. The molecule has 2 rings (SSSR count). The predicted octanol–water partition coefficient (Wildman–Crippen LogP) is 2.12. The Kier molecular flexibility index (Phi) is 2.87. The quantitative estimate of drug-likeness (QED) is 0.792. The van der Waals surface area contributed by atoms with E-state index in [2.05, 4.69) is 26.0 Å². The van der Waals surface area contributed by atoms with Gasteiger partial charge in [-0.2, -0.15) is 5.10 Å². The summed E-state index contributed by atoms with van der Waals surface area (Å²) in [6.07, 6.45) is 3.22. The summed E-state index contributed by atoms with van der Waals surface area (Å²) >= 11 is 3.31. The van der Waals surface area contributed by atoms with Crippen LogP contribution in [0.3, 0.4) is 0 Å². The molecule has 2 aromatic heterocycles. The molecule has 0 aliphatic heterocycles. The van der Waals surface area contributed by atoms with Gasteiger partial charge in [0.15, 0.2) is 0 Å². The number of rotatable bonds is 2. The molecule has 0 aliphatic rings. The van der Waals surface area contributed by atoms with Gasteiger partial charge in [-0.3, -0.25) is 14.5 Å². The standard InChI is InChI=1S/C11H10BrN3O/c1-7-4-3-5-13-9(7)11(16)10-8(12)6-14-15(10)2/h3-6H,1-2H3. The van der Waals surface area contributed by atoms with Crippen LogP contribution in [-0.4, -0.2) is 20.5 Å². The molecule has 16 heavy (non-hydrogen) atoms. The fourth-order valence-corrected chi connectivity index (χ4v) is 2.03. The van der Waals surface area contributed by atoms with Gasteiger partial charge in [0.1, 0.15) is 11.4 Å². The van der Waals surface area contributed by atoms with Crippen molar-refractivity contribution < 1.29 is 4.79 Å². The molecule has 0 saturated heterocycles. The normalized spacial score (nSPS) is 10.4. The maximum absolute atomic E-state index is 12.2. The molecule has 0 radical (unpaired) electrons. The minimum Gasteiger partial charge on any atom is -0.285 e. The predicted molar refractivity (Wildman–Crippen MR) is 63.3 cm³/mol. The summed E-state index contributed by atoms with van der Waals surface area (Å²) in [5.41, 5.74) is 1.84. The number of aromatic nitrogens is 3. The molecule has 0 aliphatic carbocycles. The molecule has 0 aromatic carbocycles. The van der Waals surface area contributed by atoms with Crippen LogP contribution >= 0.6 is 15.9 Å². The summed E-state index contributed by atoms with van der Waals surface area (Å²) in [5, 5.41) is 4.01. The first-order chi connectivity index (χ1) is 7.61. The number of carbonyl (C=O) groups is 1. The van der Waals surface area contributed by atoms with E-state index in [0.717, 1.165) is 5.56 Å². The largest absolute Gasteiger partial charge is 0.285 e. The zero-order valence-corrected chi connectivity index (χ0v) is 10.5. The van der Waals surface area contributed by atoms with E-state index in [1.807, 2.05) is 19.1 Å². The molecule has 0 N–H and O–H groups in total. The van der Waals surface area contributed by atoms with E-state index in [1.165, 1.54) is 0 Å². The minimum atomic E-state index is -0.120. The van der Waals surface area contributed by atoms with Crippen LogP contribution in [0.15, 0.2) is 29.0 Å². The van der Waals surface area contributed by atoms with Crippen molar-refractivity contribution in [3.05, 3.63) is 46.0 Å². The molecular weight excluding hydrogens is 270 g/mol. The van der Waals surface area contributed by atoms with Crippen molar-refractivity contribution >= 4 is 21.7 Å². The summed E-state index contributed by atoms with van der Waals surface area (Å²) in [6.45, 7) is 1.87. The van der Waals surface area contributed by atoms with Crippen LogP contribution in [-0.2, 0) is 7.05 Å². The molecule has 0 unspecified atom stereocenters. The summed E-state index contributed by atoms with van der Waals surface area (Å²) < 4.78 is 2.23. The van der Waals surface area contributed by atoms with Gasteiger partial charge in [0.25, 0.3) is 0 Å². The lowest BCUT2D eigenvalue weighted by molar-refractivity contribution is 0.102. The van der Waals surface area contributed by atoms with Gasteiger partial charge in [-0.25, -0.2) is 0 Å². The number of aryl methyl sites for hydroxylation is 2. The number of ketones is 1. The summed E-state index contributed by atoms with van der Waals surface area (Å²) in [7, 11) is 1.73. The average molecular weight is 280 g/mol. The van der Waals surface area contributed by atoms with Crippen molar-refractivity contribution in [2.45, 2.75) is 6.92 Å². The van der Waals surface area contributed by atoms with E-state index >= 15 is 0 Å². The lowest BCUT2D eigenvalue weighted by Crippen LogP contribution is -2.11. The van der Waals surface area contributed by atoms with Crippen molar-refractivity contribution in [3.8, 4) is 0 Å². The lowest BCUT2D eigenvalue weighted by Gasteiger charge is -2.04. The van der Waals surface area contributed by atoms with Crippen molar-refractivity contribution in [2.24, 2.45) is 7.05 Å². The van der Waals surface area contributed by atoms with Crippen molar-refractivity contribution in [3.63, 3.8) is 0 Å². The zero-order chi connectivity index (χ0) is 11.7. The van der Waals surface area contributed by atoms with Crippen LogP contribution in [0.4, 0.5) is 0 Å².